The van der Waals surface area contributed by atoms with Gasteiger partial charge in [-0.1, -0.05) is 12.1 Å². The van der Waals surface area contributed by atoms with E-state index in [-0.39, 0.29) is 5.91 Å². The number of carbonyl (C=O) groups excluding carboxylic acids is 1. The van der Waals surface area contributed by atoms with Crippen molar-refractivity contribution < 1.29 is 4.79 Å². The summed E-state index contributed by atoms with van der Waals surface area (Å²) >= 11 is 0. The Morgan fingerprint density at radius 3 is 2.94 bits per heavy atom. The van der Waals surface area contributed by atoms with Crippen LogP contribution in [0.2, 0.25) is 0 Å². The molecule has 5 heteroatoms. The van der Waals surface area contributed by atoms with Crippen LogP contribution in [-0.2, 0) is 6.42 Å². The zero-order valence-corrected chi connectivity index (χ0v) is 9.71. The molecule has 0 fully saturated rings. The summed E-state index contributed by atoms with van der Waals surface area (Å²) < 4.78 is 0. The highest BCUT2D eigenvalue weighted by atomic mass is 16.2. The average molecular weight is 240 g/mol. The number of para-hydroxylation sites is 1. The molecule has 0 unspecified atom stereocenters. The van der Waals surface area contributed by atoms with E-state index in [1.54, 1.807) is 11.0 Å². The molecule has 18 heavy (non-hydrogen) atoms. The van der Waals surface area contributed by atoms with Crippen molar-refractivity contribution in [3.05, 3.63) is 47.8 Å². The molecule has 1 aliphatic heterocycles. The second kappa shape index (κ2) is 4.10. The fourth-order valence-corrected chi connectivity index (χ4v) is 2.26. The van der Waals surface area contributed by atoms with E-state index in [1.807, 2.05) is 18.2 Å². The number of amides is 1. The molecule has 0 spiro atoms. The van der Waals surface area contributed by atoms with E-state index in [1.165, 1.54) is 12.4 Å². The third-order valence-corrected chi connectivity index (χ3v) is 3.10. The smallest absolute Gasteiger partial charge is 0.260 e. The number of nitrogens with two attached hydrogens (primary N) is 1. The van der Waals surface area contributed by atoms with E-state index in [0.29, 0.717) is 17.8 Å². The molecule has 3 rings (SSSR count). The highest BCUT2D eigenvalue weighted by Gasteiger charge is 2.27. The summed E-state index contributed by atoms with van der Waals surface area (Å²) in [5.74, 6) is -0.0819. The van der Waals surface area contributed by atoms with Crippen LogP contribution in [0.15, 0.2) is 36.7 Å². The molecule has 1 aromatic heterocycles. The predicted octanol–water partition coefficient (Wildman–Crippen LogP) is 1.26. The van der Waals surface area contributed by atoms with Gasteiger partial charge in [-0.3, -0.25) is 4.79 Å². The second-order valence-electron chi connectivity index (χ2n) is 4.19. The Labute approximate surface area is 104 Å². The number of hydrogen-bond acceptors (Lipinski definition) is 4. The average Bonchev–Trinajstić information content (AvgIpc) is 2.84. The number of hydrogen-bond donors (Lipinski definition) is 1. The lowest BCUT2D eigenvalue weighted by Gasteiger charge is -2.18. The van der Waals surface area contributed by atoms with Gasteiger partial charge in [-0.2, -0.15) is 10.2 Å². The number of benzene rings is 1. The van der Waals surface area contributed by atoms with Gasteiger partial charge in [0.25, 0.3) is 5.91 Å². The molecule has 1 amide bonds. The van der Waals surface area contributed by atoms with Crippen LogP contribution in [0.4, 0.5) is 11.4 Å². The van der Waals surface area contributed by atoms with E-state index in [2.05, 4.69) is 10.2 Å². The van der Waals surface area contributed by atoms with E-state index >= 15 is 0 Å². The van der Waals surface area contributed by atoms with Crippen LogP contribution in [0.3, 0.4) is 0 Å². The van der Waals surface area contributed by atoms with Crippen molar-refractivity contribution in [1.82, 2.24) is 10.2 Å². The number of carbonyl (C=O) groups is 1. The van der Waals surface area contributed by atoms with Gasteiger partial charge in [-0.15, -0.1) is 0 Å². The monoisotopic (exact) mass is 240 g/mol. The first-order valence-electron chi connectivity index (χ1n) is 5.73. The van der Waals surface area contributed by atoms with Crippen LogP contribution in [-0.4, -0.2) is 22.6 Å². The molecule has 0 saturated heterocycles. The van der Waals surface area contributed by atoms with Gasteiger partial charge < -0.3 is 10.6 Å². The van der Waals surface area contributed by atoms with Crippen molar-refractivity contribution in [2.45, 2.75) is 6.42 Å². The molecule has 2 heterocycles. The molecule has 2 aromatic rings. The number of nitrogen functional groups attached to an aromatic ring is 1. The normalized spacial score (nSPS) is 13.4. The van der Waals surface area contributed by atoms with Crippen LogP contribution in [0, 0.1) is 0 Å². The third kappa shape index (κ3) is 1.60. The second-order valence-corrected chi connectivity index (χ2v) is 4.19. The largest absolute Gasteiger partial charge is 0.397 e. The first-order valence-corrected chi connectivity index (χ1v) is 5.73. The molecule has 0 radical (unpaired) electrons. The highest BCUT2D eigenvalue weighted by Crippen LogP contribution is 2.34. The number of fused-ring (bicyclic) bond motifs is 1. The minimum absolute atomic E-state index is 0.0819. The summed E-state index contributed by atoms with van der Waals surface area (Å²) in [5, 5.41) is 7.40. The Bertz CT molecular complexity index is 597. The number of rotatable bonds is 1. The zero-order valence-electron chi connectivity index (χ0n) is 9.71. The number of anilines is 2. The Morgan fingerprint density at radius 1 is 1.28 bits per heavy atom. The van der Waals surface area contributed by atoms with Crippen molar-refractivity contribution in [3.8, 4) is 0 Å². The lowest BCUT2D eigenvalue weighted by Crippen LogP contribution is -2.29. The Morgan fingerprint density at radius 2 is 2.17 bits per heavy atom. The van der Waals surface area contributed by atoms with Crippen LogP contribution < -0.4 is 10.6 Å². The highest BCUT2D eigenvalue weighted by molar-refractivity contribution is 6.08. The molecule has 90 valence electrons. The number of nitrogens with zero attached hydrogens (tertiary/aromatic N) is 3. The predicted molar refractivity (Wildman–Crippen MR) is 68.3 cm³/mol. The lowest BCUT2D eigenvalue weighted by atomic mass is 10.1. The van der Waals surface area contributed by atoms with E-state index < -0.39 is 0 Å². The Kier molecular flexibility index (Phi) is 2.44. The van der Waals surface area contributed by atoms with Gasteiger partial charge in [0.1, 0.15) is 0 Å². The first kappa shape index (κ1) is 10.7. The van der Waals surface area contributed by atoms with Gasteiger partial charge in [0.2, 0.25) is 0 Å². The fourth-order valence-electron chi connectivity index (χ4n) is 2.26. The van der Waals surface area contributed by atoms with Crippen molar-refractivity contribution in [1.29, 1.82) is 0 Å². The summed E-state index contributed by atoms with van der Waals surface area (Å²) in [7, 11) is 0. The maximum atomic E-state index is 12.4. The topological polar surface area (TPSA) is 72.1 Å². The van der Waals surface area contributed by atoms with E-state index in [9.17, 15) is 4.79 Å². The van der Waals surface area contributed by atoms with E-state index in [0.717, 1.165) is 17.7 Å². The summed E-state index contributed by atoms with van der Waals surface area (Å²) in [4.78, 5) is 14.1. The van der Waals surface area contributed by atoms with Gasteiger partial charge in [-0.05, 0) is 24.1 Å². The van der Waals surface area contributed by atoms with Crippen LogP contribution in [0.25, 0.3) is 0 Å². The molecular formula is C13H12N4O. The maximum absolute atomic E-state index is 12.4. The van der Waals surface area contributed by atoms with Crippen molar-refractivity contribution in [2.75, 3.05) is 17.2 Å². The summed E-state index contributed by atoms with van der Waals surface area (Å²) in [6.45, 7) is 0.657. The third-order valence-electron chi connectivity index (χ3n) is 3.10. The van der Waals surface area contributed by atoms with Gasteiger partial charge in [0.15, 0.2) is 0 Å². The molecule has 0 aliphatic carbocycles. The summed E-state index contributed by atoms with van der Waals surface area (Å²) in [6, 6.07) is 7.39. The number of aromatic nitrogens is 2. The first-order chi connectivity index (χ1) is 8.77. The van der Waals surface area contributed by atoms with Crippen molar-refractivity contribution in [2.24, 2.45) is 0 Å². The van der Waals surface area contributed by atoms with Crippen LogP contribution in [0.5, 0.6) is 0 Å². The fraction of sp³-hybridized carbons (Fsp3) is 0.154. The standard InChI is InChI=1S/C13H12N4O/c14-11-3-1-2-9-5-7-17(12(9)11)13(18)10-4-6-15-16-8-10/h1-4,6,8H,5,7,14H2. The quantitative estimate of drug-likeness (QED) is 0.762. The van der Waals surface area contributed by atoms with Gasteiger partial charge >= 0.3 is 0 Å². The zero-order chi connectivity index (χ0) is 12.5. The molecule has 0 saturated carbocycles. The van der Waals surface area contributed by atoms with Crippen LogP contribution in [0.1, 0.15) is 15.9 Å². The Hall–Kier alpha value is -2.43. The summed E-state index contributed by atoms with van der Waals surface area (Å²) in [5.41, 5.74) is 9.07. The maximum Gasteiger partial charge on any atom is 0.260 e. The molecule has 1 aliphatic rings. The van der Waals surface area contributed by atoms with Gasteiger partial charge in [-0.25, -0.2) is 0 Å². The Balaban J connectivity index is 2.00. The molecule has 1 aromatic carbocycles. The van der Waals surface area contributed by atoms with Crippen LogP contribution >= 0.6 is 0 Å². The van der Waals surface area contributed by atoms with Crippen molar-refractivity contribution >= 4 is 17.3 Å². The van der Waals surface area contributed by atoms with Gasteiger partial charge in [0, 0.05) is 6.54 Å². The molecular weight excluding hydrogens is 228 g/mol. The molecule has 2 N–H and O–H groups in total. The van der Waals surface area contributed by atoms with Crippen molar-refractivity contribution in [3.63, 3.8) is 0 Å². The molecule has 0 bridgehead atoms. The SMILES string of the molecule is Nc1cccc2c1N(C(=O)c1ccnnc1)CC2. The van der Waals surface area contributed by atoms with Gasteiger partial charge in [0.05, 0.1) is 29.3 Å². The molecule has 5 nitrogen and oxygen atoms in total. The minimum Gasteiger partial charge on any atom is -0.397 e. The molecule has 0 atom stereocenters. The minimum atomic E-state index is -0.0819. The summed E-state index contributed by atoms with van der Waals surface area (Å²) in [6.07, 6.45) is 3.82. The van der Waals surface area contributed by atoms with E-state index in [4.69, 9.17) is 5.73 Å². The lowest BCUT2D eigenvalue weighted by molar-refractivity contribution is 0.0989.